The fourth-order valence-corrected chi connectivity index (χ4v) is 1.65. The number of hydrogen-bond acceptors (Lipinski definition) is 4. The van der Waals surface area contributed by atoms with E-state index in [4.69, 9.17) is 14.2 Å². The largest absolute Gasteiger partial charge is 0.509 e. The number of rotatable bonds is 5. The van der Waals surface area contributed by atoms with Crippen LogP contribution in [0.1, 0.15) is 40.2 Å². The van der Waals surface area contributed by atoms with Crippen molar-refractivity contribution in [1.82, 2.24) is 0 Å². The van der Waals surface area contributed by atoms with Crippen LogP contribution in [0.3, 0.4) is 0 Å². The maximum Gasteiger partial charge on any atom is 0.509 e. The second-order valence-corrected chi connectivity index (χ2v) is 5.78. The van der Waals surface area contributed by atoms with Crippen LogP contribution in [0, 0.1) is 0 Å². The molecule has 0 aliphatic rings. The standard InChI is InChI=1S/C16H24O4/c1-6-18-14(17)20-16(5,12-19-15(2,3)4)13-10-8-7-9-11-13/h7-11H,6,12H2,1-5H3. The van der Waals surface area contributed by atoms with Crippen molar-refractivity contribution >= 4 is 6.16 Å². The van der Waals surface area contributed by atoms with Gasteiger partial charge in [-0.2, -0.15) is 0 Å². The Hall–Kier alpha value is -1.55. The predicted octanol–water partition coefficient (Wildman–Crippen LogP) is 3.89. The van der Waals surface area contributed by atoms with E-state index in [0.29, 0.717) is 0 Å². The molecule has 1 aromatic carbocycles. The molecule has 0 aromatic heterocycles. The summed E-state index contributed by atoms with van der Waals surface area (Å²) < 4.78 is 16.1. The molecule has 0 fully saturated rings. The first kappa shape index (κ1) is 16.5. The van der Waals surface area contributed by atoms with Crippen LogP contribution in [0.4, 0.5) is 4.79 Å². The minimum absolute atomic E-state index is 0.263. The fourth-order valence-electron chi connectivity index (χ4n) is 1.65. The van der Waals surface area contributed by atoms with Gasteiger partial charge >= 0.3 is 6.16 Å². The van der Waals surface area contributed by atoms with Crippen molar-refractivity contribution in [3.05, 3.63) is 35.9 Å². The van der Waals surface area contributed by atoms with Gasteiger partial charge in [0.2, 0.25) is 0 Å². The highest BCUT2D eigenvalue weighted by Gasteiger charge is 2.33. The molecular formula is C16H24O4. The monoisotopic (exact) mass is 280 g/mol. The lowest BCUT2D eigenvalue weighted by Crippen LogP contribution is -2.37. The summed E-state index contributed by atoms with van der Waals surface area (Å²) >= 11 is 0. The van der Waals surface area contributed by atoms with Gasteiger partial charge in [0.05, 0.1) is 18.8 Å². The van der Waals surface area contributed by atoms with Crippen molar-refractivity contribution < 1.29 is 19.0 Å². The zero-order valence-electron chi connectivity index (χ0n) is 12.9. The zero-order valence-corrected chi connectivity index (χ0v) is 12.9. The summed E-state index contributed by atoms with van der Waals surface area (Å²) in [5.41, 5.74) is -0.313. The number of carbonyl (C=O) groups is 1. The molecule has 4 heteroatoms. The van der Waals surface area contributed by atoms with E-state index in [9.17, 15) is 4.79 Å². The van der Waals surface area contributed by atoms with Crippen LogP contribution in [-0.4, -0.2) is 25.0 Å². The van der Waals surface area contributed by atoms with Crippen LogP contribution in [0.15, 0.2) is 30.3 Å². The van der Waals surface area contributed by atoms with E-state index in [1.54, 1.807) is 6.92 Å². The summed E-state index contributed by atoms with van der Waals surface area (Å²) in [4.78, 5) is 11.7. The van der Waals surface area contributed by atoms with Crippen molar-refractivity contribution in [2.75, 3.05) is 13.2 Å². The highest BCUT2D eigenvalue weighted by Crippen LogP contribution is 2.28. The Bertz CT molecular complexity index is 422. The van der Waals surface area contributed by atoms with Gasteiger partial charge in [0.1, 0.15) is 0 Å². The van der Waals surface area contributed by atoms with E-state index in [0.717, 1.165) is 5.56 Å². The van der Waals surface area contributed by atoms with Crippen LogP contribution < -0.4 is 0 Å². The summed E-state index contributed by atoms with van der Waals surface area (Å²) in [6.07, 6.45) is -0.684. The molecule has 0 saturated heterocycles. The lowest BCUT2D eigenvalue weighted by atomic mass is 9.96. The highest BCUT2D eigenvalue weighted by atomic mass is 16.7. The van der Waals surface area contributed by atoms with Gasteiger partial charge in [-0.1, -0.05) is 30.3 Å². The summed E-state index contributed by atoms with van der Waals surface area (Å²) in [5, 5.41) is 0. The average molecular weight is 280 g/mol. The summed E-state index contributed by atoms with van der Waals surface area (Å²) in [7, 11) is 0. The molecule has 1 rings (SSSR count). The minimum atomic E-state index is -0.874. The van der Waals surface area contributed by atoms with E-state index < -0.39 is 11.8 Å². The van der Waals surface area contributed by atoms with Gasteiger partial charge in [0.15, 0.2) is 5.60 Å². The molecule has 112 valence electrons. The predicted molar refractivity (Wildman–Crippen MR) is 77.6 cm³/mol. The van der Waals surface area contributed by atoms with Crippen LogP contribution >= 0.6 is 0 Å². The van der Waals surface area contributed by atoms with Crippen LogP contribution in [-0.2, 0) is 19.8 Å². The summed E-state index contributed by atoms with van der Waals surface area (Å²) in [5.74, 6) is 0. The summed E-state index contributed by atoms with van der Waals surface area (Å²) in [6, 6.07) is 9.54. The topological polar surface area (TPSA) is 44.8 Å². The van der Waals surface area contributed by atoms with Crippen molar-refractivity contribution in [2.45, 2.75) is 45.8 Å². The molecule has 4 nitrogen and oxygen atoms in total. The first-order chi connectivity index (χ1) is 9.27. The van der Waals surface area contributed by atoms with Gasteiger partial charge in [0, 0.05) is 0 Å². The molecule has 0 spiro atoms. The molecule has 1 atom stereocenters. The number of ether oxygens (including phenoxy) is 3. The first-order valence-corrected chi connectivity index (χ1v) is 6.82. The van der Waals surface area contributed by atoms with Crippen molar-refractivity contribution in [2.24, 2.45) is 0 Å². The Kier molecular flexibility index (Phi) is 5.57. The van der Waals surface area contributed by atoms with E-state index in [1.165, 1.54) is 0 Å². The summed E-state index contributed by atoms with van der Waals surface area (Å²) in [6.45, 7) is 10.00. The molecule has 0 amide bonds. The second kappa shape index (κ2) is 6.75. The lowest BCUT2D eigenvalue weighted by molar-refractivity contribution is -0.112. The van der Waals surface area contributed by atoms with E-state index in [-0.39, 0.29) is 18.8 Å². The van der Waals surface area contributed by atoms with Gasteiger partial charge < -0.3 is 14.2 Å². The third-order valence-electron chi connectivity index (χ3n) is 2.74. The van der Waals surface area contributed by atoms with Gasteiger partial charge in [-0.3, -0.25) is 0 Å². The molecule has 0 radical (unpaired) electrons. The number of carbonyl (C=O) groups excluding carboxylic acids is 1. The maximum absolute atomic E-state index is 11.7. The molecule has 0 N–H and O–H groups in total. The Morgan fingerprint density at radius 2 is 1.70 bits per heavy atom. The molecule has 0 saturated carbocycles. The van der Waals surface area contributed by atoms with Gasteiger partial charge in [0.25, 0.3) is 0 Å². The van der Waals surface area contributed by atoms with E-state index in [2.05, 4.69) is 0 Å². The second-order valence-electron chi connectivity index (χ2n) is 5.78. The quantitative estimate of drug-likeness (QED) is 0.768. The van der Waals surface area contributed by atoms with E-state index >= 15 is 0 Å². The van der Waals surface area contributed by atoms with Gasteiger partial charge in [-0.15, -0.1) is 0 Å². The Balaban J connectivity index is 2.91. The molecule has 0 aliphatic carbocycles. The fraction of sp³-hybridized carbons (Fsp3) is 0.562. The van der Waals surface area contributed by atoms with Gasteiger partial charge in [-0.05, 0) is 40.2 Å². The SMILES string of the molecule is CCOC(=O)OC(C)(COC(C)(C)C)c1ccccc1. The normalized spacial score (nSPS) is 14.4. The van der Waals surface area contributed by atoms with Crippen molar-refractivity contribution in [3.63, 3.8) is 0 Å². The Morgan fingerprint density at radius 3 is 2.20 bits per heavy atom. The first-order valence-electron chi connectivity index (χ1n) is 6.82. The molecule has 20 heavy (non-hydrogen) atoms. The number of benzene rings is 1. The van der Waals surface area contributed by atoms with Gasteiger partial charge in [-0.25, -0.2) is 4.79 Å². The van der Waals surface area contributed by atoms with Crippen LogP contribution in [0.2, 0.25) is 0 Å². The highest BCUT2D eigenvalue weighted by molar-refractivity contribution is 5.61. The molecular weight excluding hydrogens is 256 g/mol. The molecule has 0 bridgehead atoms. The Labute approximate surface area is 121 Å². The zero-order chi connectivity index (χ0) is 15.2. The average Bonchev–Trinajstić information content (AvgIpc) is 2.37. The van der Waals surface area contributed by atoms with Crippen molar-refractivity contribution in [3.8, 4) is 0 Å². The lowest BCUT2D eigenvalue weighted by Gasteiger charge is -2.32. The molecule has 1 aromatic rings. The van der Waals surface area contributed by atoms with Crippen molar-refractivity contribution in [1.29, 1.82) is 0 Å². The number of hydrogen-bond donors (Lipinski definition) is 0. The maximum atomic E-state index is 11.7. The van der Waals surface area contributed by atoms with Crippen LogP contribution in [0.25, 0.3) is 0 Å². The molecule has 0 heterocycles. The smallest absolute Gasteiger partial charge is 0.435 e. The molecule has 1 unspecified atom stereocenters. The minimum Gasteiger partial charge on any atom is -0.435 e. The Morgan fingerprint density at radius 1 is 1.10 bits per heavy atom. The molecule has 0 aliphatic heterocycles. The van der Waals surface area contributed by atoms with Crippen LogP contribution in [0.5, 0.6) is 0 Å². The third kappa shape index (κ3) is 5.21. The third-order valence-corrected chi connectivity index (χ3v) is 2.74. The van der Waals surface area contributed by atoms with E-state index in [1.807, 2.05) is 58.0 Å².